The van der Waals surface area contributed by atoms with Gasteiger partial charge in [0, 0.05) is 43.7 Å². The number of nitrogens with zero attached hydrogens (tertiary/aromatic N) is 6. The van der Waals surface area contributed by atoms with Gasteiger partial charge in [-0.15, -0.1) is 16.4 Å². The molecule has 0 N–H and O–H groups in total. The Morgan fingerprint density at radius 3 is 3.00 bits per heavy atom. The Morgan fingerprint density at radius 1 is 1.42 bits per heavy atom. The van der Waals surface area contributed by atoms with Gasteiger partial charge < -0.3 is 9.64 Å². The molecule has 2 aromatic heterocycles. The number of fused-ring (bicyclic) bond motifs is 1. The van der Waals surface area contributed by atoms with Gasteiger partial charge in [-0.05, 0) is 21.0 Å². The Bertz CT molecular complexity index is 627. The van der Waals surface area contributed by atoms with E-state index in [1.807, 2.05) is 16.3 Å². The maximum absolute atomic E-state index is 5.94. The predicted octanol–water partition coefficient (Wildman–Crippen LogP) is 1.43. The van der Waals surface area contributed by atoms with Crippen molar-refractivity contribution in [3.8, 4) is 0 Å². The summed E-state index contributed by atoms with van der Waals surface area (Å²) >= 11 is 1.70. The van der Waals surface area contributed by atoms with Gasteiger partial charge in [0.1, 0.15) is 10.7 Å². The third-order valence-corrected chi connectivity index (χ3v) is 4.99. The van der Waals surface area contributed by atoms with Crippen molar-refractivity contribution in [2.45, 2.75) is 32.5 Å². The fourth-order valence-corrected chi connectivity index (χ4v) is 3.73. The largest absolute Gasteiger partial charge is 0.379 e. The first kappa shape index (κ1) is 17.5. The molecule has 0 saturated heterocycles. The highest BCUT2D eigenvalue weighted by molar-refractivity contribution is 7.09. The standard InChI is InChI=1S/C16H26N6OS/c1-4-22-16-13(12-23-7-6-20(2)3)9-21(10-14(16)18-19-22)11-15-17-5-8-24-15/h5,8,13H,4,6-7,9-12H2,1-3H3/t13-/m1/s1. The van der Waals surface area contributed by atoms with Crippen molar-refractivity contribution >= 4 is 11.3 Å². The van der Waals surface area contributed by atoms with Crippen LogP contribution in [0.5, 0.6) is 0 Å². The van der Waals surface area contributed by atoms with E-state index in [0.717, 1.165) is 50.0 Å². The van der Waals surface area contributed by atoms with Gasteiger partial charge in [-0.3, -0.25) is 4.90 Å². The lowest BCUT2D eigenvalue weighted by Crippen LogP contribution is -2.36. The zero-order chi connectivity index (χ0) is 16.9. The molecule has 1 aliphatic heterocycles. The number of rotatable bonds is 8. The first-order valence-electron chi connectivity index (χ1n) is 8.42. The Hall–Kier alpha value is -1.35. The third kappa shape index (κ3) is 4.18. The van der Waals surface area contributed by atoms with Gasteiger partial charge in [-0.2, -0.15) is 0 Å². The summed E-state index contributed by atoms with van der Waals surface area (Å²) in [6.07, 6.45) is 1.87. The van der Waals surface area contributed by atoms with Crippen molar-refractivity contribution in [3.05, 3.63) is 28.0 Å². The highest BCUT2D eigenvalue weighted by atomic mass is 32.1. The second-order valence-corrected chi connectivity index (χ2v) is 7.39. The first-order valence-corrected chi connectivity index (χ1v) is 9.30. The van der Waals surface area contributed by atoms with Crippen LogP contribution in [-0.4, -0.2) is 70.2 Å². The van der Waals surface area contributed by atoms with E-state index in [-0.39, 0.29) is 0 Å². The SMILES string of the molecule is CCn1nnc2c1[C@@H](COCCN(C)C)CN(Cc1nccs1)C2. The second kappa shape index (κ2) is 8.15. The van der Waals surface area contributed by atoms with Crippen molar-refractivity contribution in [1.82, 2.24) is 29.8 Å². The minimum Gasteiger partial charge on any atom is -0.379 e. The summed E-state index contributed by atoms with van der Waals surface area (Å²) in [5.74, 6) is 0.311. The highest BCUT2D eigenvalue weighted by Gasteiger charge is 2.30. The lowest BCUT2D eigenvalue weighted by molar-refractivity contribution is 0.0832. The average molecular weight is 350 g/mol. The summed E-state index contributed by atoms with van der Waals surface area (Å²) in [7, 11) is 4.13. The molecule has 3 heterocycles. The van der Waals surface area contributed by atoms with E-state index < -0.39 is 0 Å². The molecule has 24 heavy (non-hydrogen) atoms. The summed E-state index contributed by atoms with van der Waals surface area (Å²) in [5, 5.41) is 11.9. The quantitative estimate of drug-likeness (QED) is 0.672. The van der Waals surface area contributed by atoms with Crippen LogP contribution in [0.25, 0.3) is 0 Å². The number of likely N-dealkylation sites (N-methyl/N-ethyl adjacent to an activating group) is 1. The van der Waals surface area contributed by atoms with Gasteiger partial charge in [0.2, 0.25) is 0 Å². The molecule has 0 aliphatic carbocycles. The molecule has 2 aromatic rings. The van der Waals surface area contributed by atoms with Crippen LogP contribution in [0.4, 0.5) is 0 Å². The van der Waals surface area contributed by atoms with Crippen molar-refractivity contribution in [3.63, 3.8) is 0 Å². The molecule has 132 valence electrons. The topological polar surface area (TPSA) is 59.3 Å². The van der Waals surface area contributed by atoms with Gasteiger partial charge in [-0.1, -0.05) is 5.21 Å². The smallest absolute Gasteiger partial charge is 0.107 e. The monoisotopic (exact) mass is 350 g/mol. The molecule has 0 fully saturated rings. The number of aryl methyl sites for hydroxylation is 1. The van der Waals surface area contributed by atoms with E-state index in [2.05, 4.69) is 46.1 Å². The summed E-state index contributed by atoms with van der Waals surface area (Å²) < 4.78 is 7.97. The van der Waals surface area contributed by atoms with Gasteiger partial charge >= 0.3 is 0 Å². The molecule has 0 saturated carbocycles. The molecule has 7 nitrogen and oxygen atoms in total. The number of ether oxygens (including phenoxy) is 1. The van der Waals surface area contributed by atoms with Crippen LogP contribution in [-0.2, 0) is 24.4 Å². The fraction of sp³-hybridized carbons (Fsp3) is 0.688. The Morgan fingerprint density at radius 2 is 2.29 bits per heavy atom. The molecule has 1 atom stereocenters. The second-order valence-electron chi connectivity index (χ2n) is 6.41. The molecular formula is C16H26N6OS. The molecule has 0 bridgehead atoms. The van der Waals surface area contributed by atoms with E-state index in [9.17, 15) is 0 Å². The maximum atomic E-state index is 5.94. The zero-order valence-corrected chi connectivity index (χ0v) is 15.5. The minimum absolute atomic E-state index is 0.311. The molecule has 0 aromatic carbocycles. The third-order valence-electron chi connectivity index (χ3n) is 4.23. The van der Waals surface area contributed by atoms with Gasteiger partial charge in [0.25, 0.3) is 0 Å². The van der Waals surface area contributed by atoms with Crippen molar-refractivity contribution < 1.29 is 4.74 Å². The normalized spacial score (nSPS) is 18.2. The molecule has 0 unspecified atom stereocenters. The van der Waals surface area contributed by atoms with Crippen LogP contribution in [0.3, 0.4) is 0 Å². The lowest BCUT2D eigenvalue weighted by atomic mass is 9.99. The Kier molecular flexibility index (Phi) is 5.94. The summed E-state index contributed by atoms with van der Waals surface area (Å²) in [5.41, 5.74) is 2.33. The average Bonchev–Trinajstić information content (AvgIpc) is 3.20. The van der Waals surface area contributed by atoms with Gasteiger partial charge in [0.15, 0.2) is 0 Å². The zero-order valence-electron chi connectivity index (χ0n) is 14.7. The summed E-state index contributed by atoms with van der Waals surface area (Å²) in [6, 6.07) is 0. The molecule has 8 heteroatoms. The van der Waals surface area contributed by atoms with Crippen LogP contribution in [0.1, 0.15) is 29.2 Å². The first-order chi connectivity index (χ1) is 11.7. The molecular weight excluding hydrogens is 324 g/mol. The summed E-state index contributed by atoms with van der Waals surface area (Å²) in [6.45, 7) is 8.02. The molecule has 1 aliphatic rings. The van der Waals surface area contributed by atoms with E-state index in [1.165, 1.54) is 5.69 Å². The number of aromatic nitrogens is 4. The van der Waals surface area contributed by atoms with E-state index in [1.54, 1.807) is 11.3 Å². The Labute approximate surface area is 147 Å². The highest BCUT2D eigenvalue weighted by Crippen LogP contribution is 2.28. The fourth-order valence-electron chi connectivity index (χ4n) is 3.07. The molecule has 0 radical (unpaired) electrons. The van der Waals surface area contributed by atoms with Crippen molar-refractivity contribution in [1.29, 1.82) is 0 Å². The van der Waals surface area contributed by atoms with Crippen LogP contribution >= 0.6 is 11.3 Å². The van der Waals surface area contributed by atoms with Gasteiger partial charge in [-0.25, -0.2) is 9.67 Å². The number of hydrogen-bond donors (Lipinski definition) is 0. The van der Waals surface area contributed by atoms with Crippen LogP contribution in [0, 0.1) is 0 Å². The van der Waals surface area contributed by atoms with Crippen LogP contribution in [0.15, 0.2) is 11.6 Å². The predicted molar refractivity (Wildman–Crippen MR) is 94.0 cm³/mol. The molecule has 0 spiro atoms. The van der Waals surface area contributed by atoms with E-state index >= 15 is 0 Å². The summed E-state index contributed by atoms with van der Waals surface area (Å²) in [4.78, 5) is 8.94. The Balaban J connectivity index is 1.68. The number of thiazole rings is 1. The minimum atomic E-state index is 0.311. The van der Waals surface area contributed by atoms with Crippen molar-refractivity contribution in [2.24, 2.45) is 0 Å². The van der Waals surface area contributed by atoms with E-state index in [0.29, 0.717) is 12.5 Å². The van der Waals surface area contributed by atoms with Gasteiger partial charge in [0.05, 0.1) is 25.5 Å². The maximum Gasteiger partial charge on any atom is 0.107 e. The van der Waals surface area contributed by atoms with E-state index in [4.69, 9.17) is 4.74 Å². The van der Waals surface area contributed by atoms with Crippen molar-refractivity contribution in [2.75, 3.05) is 40.4 Å². The number of hydrogen-bond acceptors (Lipinski definition) is 7. The van der Waals surface area contributed by atoms with Crippen LogP contribution < -0.4 is 0 Å². The molecule has 3 rings (SSSR count). The lowest BCUT2D eigenvalue weighted by Gasteiger charge is -2.31. The van der Waals surface area contributed by atoms with Crippen LogP contribution in [0.2, 0.25) is 0 Å². The molecule has 0 amide bonds.